The van der Waals surface area contributed by atoms with Gasteiger partial charge in [0.05, 0.1) is 0 Å². The molecule has 0 saturated heterocycles. The van der Waals surface area contributed by atoms with Crippen molar-refractivity contribution in [2.45, 2.75) is 19.3 Å². The third-order valence-electron chi connectivity index (χ3n) is 0.945. The van der Waals surface area contributed by atoms with E-state index < -0.39 is 0 Å². The highest BCUT2D eigenvalue weighted by Gasteiger charge is 1.86. The predicted molar refractivity (Wildman–Crippen MR) is 36.1 cm³/mol. The van der Waals surface area contributed by atoms with Crippen molar-refractivity contribution in [3.8, 4) is 6.26 Å². The Balaban J connectivity index is 2.69. The first-order valence-electron chi connectivity index (χ1n) is 2.98. The number of hydrogen-bond acceptors (Lipinski definition) is 2. The molecule has 52 valence electrons. The normalized spacial score (nSPS) is 8.44. The Bertz CT molecular complexity index is 89.5. The van der Waals surface area contributed by atoms with E-state index in [1.165, 1.54) is 0 Å². The number of ether oxygens (including phenoxy) is 1. The van der Waals surface area contributed by atoms with Gasteiger partial charge in [0.1, 0.15) is 6.61 Å². The lowest BCUT2D eigenvalue weighted by atomic mass is 10.3. The monoisotopic (exact) mass is 147 g/mol. The fraction of sp³-hybridized carbons (Fsp3) is 0.833. The second-order valence-corrected chi connectivity index (χ2v) is 2.07. The van der Waals surface area contributed by atoms with E-state index >= 15 is 0 Å². The molecule has 0 saturated carbocycles. The molecule has 0 aliphatic heterocycles. The van der Waals surface area contributed by atoms with E-state index in [0.717, 1.165) is 19.3 Å². The average molecular weight is 148 g/mol. The van der Waals surface area contributed by atoms with Crippen LogP contribution in [0.3, 0.4) is 0 Å². The molecule has 0 fully saturated rings. The minimum absolute atomic E-state index is 0.535. The minimum Gasteiger partial charge on any atom is -0.428 e. The van der Waals surface area contributed by atoms with E-state index in [0.29, 0.717) is 12.5 Å². The summed E-state index contributed by atoms with van der Waals surface area (Å²) in [4.78, 5) is 0. The predicted octanol–water partition coefficient (Wildman–Crippen LogP) is 1.89. The van der Waals surface area contributed by atoms with Gasteiger partial charge in [-0.2, -0.15) is 5.26 Å². The van der Waals surface area contributed by atoms with Crippen LogP contribution >= 0.6 is 11.6 Å². The van der Waals surface area contributed by atoms with Gasteiger partial charge in [0, 0.05) is 5.88 Å². The Morgan fingerprint density at radius 3 is 2.67 bits per heavy atom. The number of alkyl halides is 1. The van der Waals surface area contributed by atoms with E-state index in [2.05, 4.69) is 4.74 Å². The summed E-state index contributed by atoms with van der Waals surface area (Å²) in [6.07, 6.45) is 4.60. The first-order valence-corrected chi connectivity index (χ1v) is 3.52. The Kier molecular flexibility index (Phi) is 7.23. The van der Waals surface area contributed by atoms with Gasteiger partial charge in [-0.05, 0) is 19.3 Å². The van der Waals surface area contributed by atoms with E-state index in [-0.39, 0.29) is 0 Å². The molecule has 0 rings (SSSR count). The molecule has 0 radical (unpaired) electrons. The molecule has 0 heterocycles. The van der Waals surface area contributed by atoms with Gasteiger partial charge in [-0.25, -0.2) is 0 Å². The molecular weight excluding hydrogens is 138 g/mol. The molecule has 0 aliphatic rings. The first kappa shape index (κ1) is 8.58. The largest absolute Gasteiger partial charge is 0.428 e. The Labute approximate surface area is 60.4 Å². The third kappa shape index (κ3) is 7.58. The molecule has 2 nitrogen and oxygen atoms in total. The minimum atomic E-state index is 0.535. The van der Waals surface area contributed by atoms with Crippen molar-refractivity contribution in [2.75, 3.05) is 12.5 Å². The molecule has 9 heavy (non-hydrogen) atoms. The van der Waals surface area contributed by atoms with Crippen LogP contribution < -0.4 is 0 Å². The van der Waals surface area contributed by atoms with Crippen LogP contribution in [0.4, 0.5) is 0 Å². The smallest absolute Gasteiger partial charge is 0.286 e. The summed E-state index contributed by atoms with van der Waals surface area (Å²) in [5, 5.41) is 7.92. The quantitative estimate of drug-likeness (QED) is 0.338. The van der Waals surface area contributed by atoms with Gasteiger partial charge in [-0.3, -0.25) is 0 Å². The van der Waals surface area contributed by atoms with Crippen LogP contribution in [0.25, 0.3) is 0 Å². The van der Waals surface area contributed by atoms with Gasteiger partial charge >= 0.3 is 0 Å². The Morgan fingerprint density at radius 2 is 2.11 bits per heavy atom. The van der Waals surface area contributed by atoms with Crippen molar-refractivity contribution in [3.05, 3.63) is 0 Å². The topological polar surface area (TPSA) is 33.0 Å². The molecule has 0 aromatic rings. The summed E-state index contributed by atoms with van der Waals surface area (Å²) in [6.45, 7) is 0.535. The molecular formula is C6H10ClNO. The van der Waals surface area contributed by atoms with Gasteiger partial charge < -0.3 is 4.74 Å². The maximum Gasteiger partial charge on any atom is 0.286 e. The van der Waals surface area contributed by atoms with E-state index in [1.807, 2.05) is 0 Å². The number of nitriles is 1. The summed E-state index contributed by atoms with van der Waals surface area (Å²) in [5.41, 5.74) is 0. The van der Waals surface area contributed by atoms with Crippen LogP contribution in [-0.2, 0) is 4.74 Å². The van der Waals surface area contributed by atoms with E-state index in [9.17, 15) is 0 Å². The van der Waals surface area contributed by atoms with Gasteiger partial charge in [0.25, 0.3) is 6.26 Å². The number of unbranched alkanes of at least 4 members (excludes halogenated alkanes) is 2. The van der Waals surface area contributed by atoms with Crippen molar-refractivity contribution in [3.63, 3.8) is 0 Å². The van der Waals surface area contributed by atoms with E-state index in [1.54, 1.807) is 6.26 Å². The molecule has 3 heteroatoms. The summed E-state index contributed by atoms with van der Waals surface area (Å²) in [7, 11) is 0. The molecule has 0 aromatic heterocycles. The van der Waals surface area contributed by atoms with Gasteiger partial charge in [0.15, 0.2) is 0 Å². The van der Waals surface area contributed by atoms with Crippen molar-refractivity contribution in [1.29, 1.82) is 5.26 Å². The van der Waals surface area contributed by atoms with Crippen molar-refractivity contribution < 1.29 is 4.74 Å². The van der Waals surface area contributed by atoms with Crippen molar-refractivity contribution in [2.24, 2.45) is 0 Å². The summed E-state index contributed by atoms with van der Waals surface area (Å²) in [5.74, 6) is 0.701. The second kappa shape index (κ2) is 7.58. The zero-order valence-corrected chi connectivity index (χ0v) is 6.02. The van der Waals surface area contributed by atoms with Crippen LogP contribution in [0.15, 0.2) is 0 Å². The average Bonchev–Trinajstić information content (AvgIpc) is 1.89. The van der Waals surface area contributed by atoms with Crippen molar-refractivity contribution in [1.82, 2.24) is 0 Å². The third-order valence-corrected chi connectivity index (χ3v) is 1.21. The molecule has 0 spiro atoms. The van der Waals surface area contributed by atoms with Crippen LogP contribution in [-0.4, -0.2) is 12.5 Å². The first-order chi connectivity index (χ1) is 4.41. The lowest BCUT2D eigenvalue weighted by molar-refractivity contribution is 0.261. The number of hydrogen-bond donors (Lipinski definition) is 0. The molecule has 0 bridgehead atoms. The zero-order valence-electron chi connectivity index (χ0n) is 5.27. The van der Waals surface area contributed by atoms with Gasteiger partial charge in [-0.1, -0.05) is 0 Å². The van der Waals surface area contributed by atoms with Gasteiger partial charge in [-0.15, -0.1) is 11.6 Å². The standard InChI is InChI=1S/C6H10ClNO/c7-4-2-1-3-5-9-6-8/h1-5H2. The lowest BCUT2D eigenvalue weighted by Crippen LogP contribution is -1.87. The lowest BCUT2D eigenvalue weighted by Gasteiger charge is -1.93. The second-order valence-electron chi connectivity index (χ2n) is 1.69. The summed E-state index contributed by atoms with van der Waals surface area (Å²) < 4.78 is 4.44. The SMILES string of the molecule is N#COCCCCCCl. The maximum absolute atomic E-state index is 7.92. The molecule has 0 aliphatic carbocycles. The molecule has 0 amide bonds. The fourth-order valence-corrected chi connectivity index (χ4v) is 0.680. The summed E-state index contributed by atoms with van der Waals surface area (Å²) in [6, 6.07) is 0. The maximum atomic E-state index is 7.92. The van der Waals surface area contributed by atoms with Crippen LogP contribution in [0, 0.1) is 11.5 Å². The number of nitrogens with zero attached hydrogens (tertiary/aromatic N) is 1. The Hall–Kier alpha value is -0.420. The van der Waals surface area contributed by atoms with Crippen LogP contribution in [0.5, 0.6) is 0 Å². The number of rotatable bonds is 5. The fourth-order valence-electron chi connectivity index (χ4n) is 0.491. The molecule has 0 atom stereocenters. The molecule has 0 unspecified atom stereocenters. The Morgan fingerprint density at radius 1 is 1.33 bits per heavy atom. The van der Waals surface area contributed by atoms with Crippen LogP contribution in [0.1, 0.15) is 19.3 Å². The highest BCUT2D eigenvalue weighted by Crippen LogP contribution is 1.96. The molecule has 0 N–H and O–H groups in total. The van der Waals surface area contributed by atoms with E-state index in [4.69, 9.17) is 16.9 Å². The zero-order chi connectivity index (χ0) is 6.95. The van der Waals surface area contributed by atoms with Crippen molar-refractivity contribution >= 4 is 11.6 Å². The highest BCUT2D eigenvalue weighted by molar-refractivity contribution is 6.17. The molecule has 0 aromatic carbocycles. The highest BCUT2D eigenvalue weighted by atomic mass is 35.5. The van der Waals surface area contributed by atoms with Gasteiger partial charge in [0.2, 0.25) is 0 Å². The van der Waals surface area contributed by atoms with Crippen LogP contribution in [0.2, 0.25) is 0 Å². The summed E-state index contributed by atoms with van der Waals surface area (Å²) >= 11 is 5.41. The number of halogens is 1.